The lowest BCUT2D eigenvalue weighted by Gasteiger charge is -2.30. The van der Waals surface area contributed by atoms with Gasteiger partial charge in [-0.2, -0.15) is 0 Å². The molecule has 5 nitrogen and oxygen atoms in total. The normalized spacial score (nSPS) is 26.0. The first-order chi connectivity index (χ1) is 13.0. The van der Waals surface area contributed by atoms with Crippen LogP contribution in [0.4, 0.5) is 5.69 Å². The summed E-state index contributed by atoms with van der Waals surface area (Å²) in [5.74, 6) is -0.999. The van der Waals surface area contributed by atoms with Crippen molar-refractivity contribution in [3.63, 3.8) is 0 Å². The van der Waals surface area contributed by atoms with Gasteiger partial charge in [-0.3, -0.25) is 4.79 Å². The Hall–Kier alpha value is -2.53. The average Bonchev–Trinajstić information content (AvgIpc) is 3.26. The number of amides is 1. The van der Waals surface area contributed by atoms with Gasteiger partial charge in [0, 0.05) is 28.5 Å². The number of carbonyl (C=O) groups excluding carboxylic acids is 2. The van der Waals surface area contributed by atoms with E-state index in [-0.39, 0.29) is 17.7 Å². The van der Waals surface area contributed by atoms with E-state index >= 15 is 0 Å². The predicted octanol–water partition coefficient (Wildman–Crippen LogP) is 3.48. The van der Waals surface area contributed by atoms with Gasteiger partial charge in [0.15, 0.2) is 0 Å². The summed E-state index contributed by atoms with van der Waals surface area (Å²) in [6, 6.07) is 14.0. The summed E-state index contributed by atoms with van der Waals surface area (Å²) in [5.41, 5.74) is 0.614. The molecular weight excluding hydrogens is 366 g/mol. The summed E-state index contributed by atoms with van der Waals surface area (Å²) in [4.78, 5) is 24.2. The first-order valence-electron chi connectivity index (χ1n) is 9.06. The molecule has 2 bridgehead atoms. The smallest absolute Gasteiger partial charge is 0.228 e. The molecule has 6 heteroatoms. The second kappa shape index (κ2) is 7.24. The van der Waals surface area contributed by atoms with E-state index in [2.05, 4.69) is 5.32 Å². The molecule has 2 aliphatic carbocycles. The number of halogens is 1. The highest BCUT2D eigenvalue weighted by molar-refractivity contribution is 6.30. The number of benzene rings is 2. The number of hydrogen-bond acceptors (Lipinski definition) is 4. The summed E-state index contributed by atoms with van der Waals surface area (Å²) < 4.78 is 5.72. The molecule has 0 heterocycles. The Bertz CT molecular complexity index is 849. The molecule has 2 aliphatic rings. The molecule has 140 valence electrons. The van der Waals surface area contributed by atoms with Gasteiger partial charge in [0.05, 0.1) is 0 Å². The van der Waals surface area contributed by atoms with Crippen LogP contribution in [0.2, 0.25) is 5.02 Å². The second-order valence-electron chi connectivity index (χ2n) is 7.27. The fraction of sp³-hybridized carbons (Fsp3) is 0.333. The lowest BCUT2D eigenvalue weighted by Crippen LogP contribution is -2.43. The van der Waals surface area contributed by atoms with Gasteiger partial charge in [-0.05, 0) is 79.6 Å². The van der Waals surface area contributed by atoms with Gasteiger partial charge in [-0.1, -0.05) is 11.6 Å². The van der Waals surface area contributed by atoms with E-state index < -0.39 is 17.8 Å². The number of carbonyl (C=O) groups is 2. The van der Waals surface area contributed by atoms with Crippen molar-refractivity contribution in [2.24, 2.45) is 23.7 Å². The van der Waals surface area contributed by atoms with E-state index in [1.54, 1.807) is 48.5 Å². The SMILES string of the molecule is O=C([O-])[C@H]1[C@@H]2CC[C@H](C2)[C@@H]1C(=O)Nc1ccc(Oc2ccc(Cl)cc2)cc1. The van der Waals surface area contributed by atoms with Crippen molar-refractivity contribution in [2.75, 3.05) is 5.32 Å². The third-order valence-electron chi connectivity index (χ3n) is 5.66. The Morgan fingerprint density at radius 1 is 0.926 bits per heavy atom. The average molecular weight is 385 g/mol. The molecule has 2 saturated carbocycles. The number of anilines is 1. The van der Waals surface area contributed by atoms with Crippen LogP contribution in [0, 0.1) is 23.7 Å². The molecule has 27 heavy (non-hydrogen) atoms. The fourth-order valence-electron chi connectivity index (χ4n) is 4.48. The quantitative estimate of drug-likeness (QED) is 0.855. The number of ether oxygens (including phenoxy) is 1. The Morgan fingerprint density at radius 2 is 1.48 bits per heavy atom. The van der Waals surface area contributed by atoms with E-state index in [0.29, 0.717) is 22.2 Å². The third kappa shape index (κ3) is 3.65. The maximum absolute atomic E-state index is 12.7. The first kappa shape index (κ1) is 17.9. The van der Waals surface area contributed by atoms with Crippen molar-refractivity contribution in [1.82, 2.24) is 0 Å². The van der Waals surface area contributed by atoms with Crippen LogP contribution in [0.1, 0.15) is 19.3 Å². The van der Waals surface area contributed by atoms with Crippen molar-refractivity contribution in [3.05, 3.63) is 53.6 Å². The number of carboxylic acid groups (broad SMARTS) is 1. The van der Waals surface area contributed by atoms with E-state index in [4.69, 9.17) is 16.3 Å². The number of nitrogens with one attached hydrogen (secondary N) is 1. The predicted molar refractivity (Wildman–Crippen MR) is 99.4 cm³/mol. The molecule has 2 fully saturated rings. The zero-order chi connectivity index (χ0) is 19.0. The van der Waals surface area contributed by atoms with Gasteiger partial charge >= 0.3 is 0 Å². The molecular formula is C21H19ClNO4-. The lowest BCUT2D eigenvalue weighted by atomic mass is 9.78. The molecule has 0 unspecified atom stereocenters. The molecule has 0 aliphatic heterocycles. The molecule has 0 radical (unpaired) electrons. The number of hydrogen-bond donors (Lipinski definition) is 1. The molecule has 1 amide bonds. The van der Waals surface area contributed by atoms with Crippen LogP contribution in [0.5, 0.6) is 11.5 Å². The molecule has 0 aromatic heterocycles. The Balaban J connectivity index is 1.41. The maximum Gasteiger partial charge on any atom is 0.228 e. The summed E-state index contributed by atoms with van der Waals surface area (Å²) >= 11 is 5.85. The van der Waals surface area contributed by atoms with Gasteiger partial charge in [0.2, 0.25) is 5.91 Å². The van der Waals surface area contributed by atoms with Crippen molar-refractivity contribution in [3.8, 4) is 11.5 Å². The van der Waals surface area contributed by atoms with Gasteiger partial charge in [-0.15, -0.1) is 0 Å². The van der Waals surface area contributed by atoms with Crippen LogP contribution >= 0.6 is 11.6 Å². The molecule has 2 aromatic carbocycles. The Morgan fingerprint density at radius 3 is 2.07 bits per heavy atom. The molecule has 2 aromatic rings. The zero-order valence-corrected chi connectivity index (χ0v) is 15.3. The second-order valence-corrected chi connectivity index (χ2v) is 7.71. The zero-order valence-electron chi connectivity index (χ0n) is 14.6. The molecule has 4 atom stereocenters. The monoisotopic (exact) mass is 384 g/mol. The van der Waals surface area contributed by atoms with Crippen LogP contribution in [0.3, 0.4) is 0 Å². The fourth-order valence-corrected chi connectivity index (χ4v) is 4.60. The summed E-state index contributed by atoms with van der Waals surface area (Å²) in [5, 5.41) is 15.0. The van der Waals surface area contributed by atoms with Crippen molar-refractivity contribution >= 4 is 29.2 Å². The number of aliphatic carboxylic acids is 1. The largest absolute Gasteiger partial charge is 0.550 e. The van der Waals surface area contributed by atoms with E-state index in [1.165, 1.54) is 0 Å². The lowest BCUT2D eigenvalue weighted by molar-refractivity contribution is -0.314. The van der Waals surface area contributed by atoms with Gasteiger partial charge in [-0.25, -0.2) is 0 Å². The Kier molecular flexibility index (Phi) is 4.79. The topological polar surface area (TPSA) is 78.5 Å². The maximum atomic E-state index is 12.7. The molecule has 0 spiro atoms. The van der Waals surface area contributed by atoms with Crippen LogP contribution in [-0.4, -0.2) is 11.9 Å². The van der Waals surface area contributed by atoms with E-state index in [1.807, 2.05) is 0 Å². The minimum atomic E-state index is -1.10. The summed E-state index contributed by atoms with van der Waals surface area (Å²) in [7, 11) is 0. The highest BCUT2D eigenvalue weighted by Gasteiger charge is 2.51. The standard InChI is InChI=1S/C21H20ClNO4/c22-14-3-7-16(8-4-14)27-17-9-5-15(6-10-17)23-20(24)18-12-1-2-13(11-12)19(18)21(25)26/h3-10,12-13,18-19H,1-2,11H2,(H,23,24)(H,25,26)/p-1/t12-,13-,18+,19+/m1/s1. The van der Waals surface area contributed by atoms with Crippen molar-refractivity contribution in [1.29, 1.82) is 0 Å². The van der Waals surface area contributed by atoms with Crippen LogP contribution < -0.4 is 15.2 Å². The van der Waals surface area contributed by atoms with Crippen molar-refractivity contribution < 1.29 is 19.4 Å². The van der Waals surface area contributed by atoms with Crippen molar-refractivity contribution in [2.45, 2.75) is 19.3 Å². The number of rotatable bonds is 5. The third-order valence-corrected chi connectivity index (χ3v) is 5.91. The van der Waals surface area contributed by atoms with Crippen LogP contribution in [0.25, 0.3) is 0 Å². The summed E-state index contributed by atoms with van der Waals surface area (Å²) in [6.07, 6.45) is 2.61. The van der Waals surface area contributed by atoms with Gasteiger partial charge in [0.25, 0.3) is 0 Å². The highest BCUT2D eigenvalue weighted by Crippen LogP contribution is 2.52. The first-order valence-corrected chi connectivity index (χ1v) is 9.44. The molecule has 4 rings (SSSR count). The van der Waals surface area contributed by atoms with Gasteiger partial charge in [0.1, 0.15) is 11.5 Å². The number of carboxylic acids is 1. The van der Waals surface area contributed by atoms with Crippen LogP contribution in [-0.2, 0) is 9.59 Å². The highest BCUT2D eigenvalue weighted by atomic mass is 35.5. The van der Waals surface area contributed by atoms with Crippen LogP contribution in [0.15, 0.2) is 48.5 Å². The van der Waals surface area contributed by atoms with E-state index in [9.17, 15) is 14.7 Å². The molecule has 1 N–H and O–H groups in total. The minimum Gasteiger partial charge on any atom is -0.550 e. The Labute approximate surface area is 162 Å². The molecule has 0 saturated heterocycles. The summed E-state index contributed by atoms with van der Waals surface area (Å²) in [6.45, 7) is 0. The number of fused-ring (bicyclic) bond motifs is 2. The van der Waals surface area contributed by atoms with E-state index in [0.717, 1.165) is 19.3 Å². The minimum absolute atomic E-state index is 0.0749. The van der Waals surface area contributed by atoms with Gasteiger partial charge < -0.3 is 20.0 Å².